The summed E-state index contributed by atoms with van der Waals surface area (Å²) in [5, 5.41) is 6.67. The van der Waals surface area contributed by atoms with Gasteiger partial charge in [-0.05, 0) is 58.0 Å². The van der Waals surface area contributed by atoms with E-state index in [0.717, 1.165) is 25.4 Å². The van der Waals surface area contributed by atoms with Gasteiger partial charge in [0.15, 0.2) is 5.96 Å². The fourth-order valence-corrected chi connectivity index (χ4v) is 3.57. The zero-order valence-corrected chi connectivity index (χ0v) is 17.4. The van der Waals surface area contributed by atoms with Crippen molar-refractivity contribution in [2.45, 2.75) is 39.3 Å². The van der Waals surface area contributed by atoms with Gasteiger partial charge < -0.3 is 24.2 Å². The maximum atomic E-state index is 11.7. The fourth-order valence-electron chi connectivity index (χ4n) is 3.57. The molecule has 1 fully saturated rings. The van der Waals surface area contributed by atoms with Gasteiger partial charge >= 0.3 is 5.97 Å². The Morgan fingerprint density at radius 2 is 2.14 bits per heavy atom. The smallest absolute Gasteiger partial charge is 0.341 e. The van der Waals surface area contributed by atoms with Gasteiger partial charge in [-0.25, -0.2) is 9.79 Å². The first-order valence-electron chi connectivity index (χ1n) is 10.1. The number of rotatable bonds is 8. The summed E-state index contributed by atoms with van der Waals surface area (Å²) < 4.78 is 16.1. The Morgan fingerprint density at radius 1 is 1.34 bits per heavy atom. The lowest BCUT2D eigenvalue weighted by Crippen LogP contribution is -2.42. The summed E-state index contributed by atoms with van der Waals surface area (Å²) in [5.74, 6) is 2.39. The first-order chi connectivity index (χ1) is 14.1. The zero-order chi connectivity index (χ0) is 20.6. The minimum absolute atomic E-state index is 0.160. The van der Waals surface area contributed by atoms with E-state index in [4.69, 9.17) is 13.6 Å². The van der Waals surface area contributed by atoms with Crippen LogP contribution in [0.25, 0.3) is 0 Å². The third-order valence-corrected chi connectivity index (χ3v) is 5.03. The summed E-state index contributed by atoms with van der Waals surface area (Å²) in [4.78, 5) is 18.8. The number of esters is 1. The Morgan fingerprint density at radius 3 is 2.79 bits per heavy atom. The Labute approximate surface area is 171 Å². The van der Waals surface area contributed by atoms with Gasteiger partial charge in [0, 0.05) is 13.1 Å². The second-order valence-corrected chi connectivity index (χ2v) is 7.02. The Balaban J connectivity index is 1.66. The normalized spacial score (nSPS) is 16.0. The highest BCUT2D eigenvalue weighted by Gasteiger charge is 2.25. The standard InChI is InChI=1S/C21H30N4O4/c1-4-22-21(23-13-16-12-17(15(2)29-16)20(26)27-3)24-14-18(19-8-7-11-28-19)25-9-5-6-10-25/h7-8,11-12,18H,4-6,9-10,13-14H2,1-3H3,(H2,22,23,24). The number of hydrogen-bond acceptors (Lipinski definition) is 6. The van der Waals surface area contributed by atoms with E-state index in [1.165, 1.54) is 20.0 Å². The largest absolute Gasteiger partial charge is 0.468 e. The quantitative estimate of drug-likeness (QED) is 0.398. The number of ether oxygens (including phenoxy) is 1. The highest BCUT2D eigenvalue weighted by Crippen LogP contribution is 2.24. The van der Waals surface area contributed by atoms with E-state index in [0.29, 0.717) is 36.1 Å². The van der Waals surface area contributed by atoms with E-state index in [1.807, 2.05) is 19.1 Å². The molecule has 29 heavy (non-hydrogen) atoms. The molecule has 2 aromatic heterocycles. The number of furan rings is 2. The van der Waals surface area contributed by atoms with Gasteiger partial charge in [-0.2, -0.15) is 0 Å². The lowest BCUT2D eigenvalue weighted by molar-refractivity contribution is 0.0599. The summed E-state index contributed by atoms with van der Waals surface area (Å²) in [6, 6.07) is 5.79. The molecule has 8 nitrogen and oxygen atoms in total. The maximum Gasteiger partial charge on any atom is 0.341 e. The number of nitrogens with one attached hydrogen (secondary N) is 2. The van der Waals surface area contributed by atoms with Crippen molar-refractivity contribution in [3.63, 3.8) is 0 Å². The third-order valence-electron chi connectivity index (χ3n) is 5.03. The molecular weight excluding hydrogens is 372 g/mol. The summed E-state index contributed by atoms with van der Waals surface area (Å²) in [5.41, 5.74) is 0.433. The molecule has 0 aliphatic carbocycles. The van der Waals surface area contributed by atoms with Crippen molar-refractivity contribution in [2.75, 3.05) is 33.3 Å². The predicted molar refractivity (Wildman–Crippen MR) is 110 cm³/mol. The molecule has 0 saturated carbocycles. The molecule has 8 heteroatoms. The van der Waals surface area contributed by atoms with Crippen LogP contribution in [-0.2, 0) is 11.3 Å². The summed E-state index contributed by atoms with van der Waals surface area (Å²) in [6.45, 7) is 7.66. The van der Waals surface area contributed by atoms with Gasteiger partial charge in [-0.3, -0.25) is 4.90 Å². The summed E-state index contributed by atoms with van der Waals surface area (Å²) in [7, 11) is 1.36. The van der Waals surface area contributed by atoms with Crippen molar-refractivity contribution in [1.29, 1.82) is 0 Å². The monoisotopic (exact) mass is 402 g/mol. The van der Waals surface area contributed by atoms with Crippen LogP contribution in [-0.4, -0.2) is 50.1 Å². The van der Waals surface area contributed by atoms with Crippen LogP contribution in [0, 0.1) is 6.92 Å². The van der Waals surface area contributed by atoms with Crippen LogP contribution in [0.5, 0.6) is 0 Å². The second-order valence-electron chi connectivity index (χ2n) is 7.02. The van der Waals surface area contributed by atoms with Crippen molar-refractivity contribution in [3.8, 4) is 0 Å². The van der Waals surface area contributed by atoms with Crippen LogP contribution in [0.3, 0.4) is 0 Å². The predicted octanol–water partition coefficient (Wildman–Crippen LogP) is 2.86. The molecule has 2 aromatic rings. The topological polar surface area (TPSA) is 92.2 Å². The van der Waals surface area contributed by atoms with E-state index in [9.17, 15) is 4.79 Å². The zero-order valence-electron chi connectivity index (χ0n) is 17.4. The van der Waals surface area contributed by atoms with Crippen LogP contribution >= 0.6 is 0 Å². The van der Waals surface area contributed by atoms with Gasteiger partial charge in [0.1, 0.15) is 29.4 Å². The molecule has 2 N–H and O–H groups in total. The molecule has 1 aliphatic rings. The average molecular weight is 402 g/mol. The average Bonchev–Trinajstić information content (AvgIpc) is 3.48. The van der Waals surface area contributed by atoms with E-state index in [1.54, 1.807) is 19.3 Å². The van der Waals surface area contributed by atoms with Crippen molar-refractivity contribution >= 4 is 11.9 Å². The molecule has 0 amide bonds. The molecule has 0 bridgehead atoms. The molecule has 3 rings (SSSR count). The van der Waals surface area contributed by atoms with Crippen LogP contribution in [0.2, 0.25) is 0 Å². The third kappa shape index (κ3) is 5.41. The lowest BCUT2D eigenvalue weighted by atomic mass is 10.2. The van der Waals surface area contributed by atoms with Gasteiger partial charge in [-0.15, -0.1) is 0 Å². The molecule has 3 heterocycles. The van der Waals surface area contributed by atoms with Crippen LogP contribution in [0.4, 0.5) is 0 Å². The first kappa shape index (κ1) is 21.0. The lowest BCUT2D eigenvalue weighted by Gasteiger charge is -2.26. The molecule has 0 spiro atoms. The molecule has 1 aliphatic heterocycles. The molecule has 0 aromatic carbocycles. The van der Waals surface area contributed by atoms with Crippen LogP contribution in [0.15, 0.2) is 38.3 Å². The highest BCUT2D eigenvalue weighted by molar-refractivity contribution is 5.90. The highest BCUT2D eigenvalue weighted by atomic mass is 16.5. The minimum Gasteiger partial charge on any atom is -0.468 e. The Kier molecular flexibility index (Phi) is 7.35. The van der Waals surface area contributed by atoms with Crippen molar-refractivity contribution < 1.29 is 18.4 Å². The number of aryl methyl sites for hydroxylation is 1. The molecule has 0 radical (unpaired) electrons. The fraction of sp³-hybridized carbons (Fsp3) is 0.524. The maximum absolute atomic E-state index is 11.7. The number of likely N-dealkylation sites (tertiary alicyclic amines) is 1. The second kappa shape index (κ2) is 10.2. The molecule has 1 saturated heterocycles. The SMILES string of the molecule is CCNC(=NCc1cc(C(=O)OC)c(C)o1)NCC(c1ccco1)N1CCCC1. The number of aliphatic imine (C=N–C) groups is 1. The van der Waals surface area contributed by atoms with Gasteiger partial charge in [-0.1, -0.05) is 0 Å². The number of carbonyl (C=O) groups is 1. The molecular formula is C21H30N4O4. The van der Waals surface area contributed by atoms with E-state index in [2.05, 4.69) is 20.5 Å². The van der Waals surface area contributed by atoms with Gasteiger partial charge in [0.05, 0.1) is 19.4 Å². The first-order valence-corrected chi connectivity index (χ1v) is 10.1. The molecule has 1 unspecified atom stereocenters. The number of hydrogen-bond donors (Lipinski definition) is 2. The Bertz CT molecular complexity index is 807. The van der Waals surface area contributed by atoms with Crippen LogP contribution in [0.1, 0.15) is 53.4 Å². The Hall–Kier alpha value is -2.74. The summed E-state index contributed by atoms with van der Waals surface area (Å²) in [6.07, 6.45) is 4.15. The number of nitrogens with zero attached hydrogens (tertiary/aromatic N) is 2. The van der Waals surface area contributed by atoms with Gasteiger partial charge in [0.2, 0.25) is 0 Å². The molecule has 158 valence electrons. The van der Waals surface area contributed by atoms with Crippen molar-refractivity contribution in [1.82, 2.24) is 15.5 Å². The van der Waals surface area contributed by atoms with Crippen molar-refractivity contribution in [2.24, 2.45) is 4.99 Å². The van der Waals surface area contributed by atoms with Gasteiger partial charge in [0.25, 0.3) is 0 Å². The number of methoxy groups -OCH3 is 1. The number of carbonyl (C=O) groups excluding carboxylic acids is 1. The van der Waals surface area contributed by atoms with E-state index in [-0.39, 0.29) is 6.04 Å². The minimum atomic E-state index is -0.404. The number of guanidine groups is 1. The molecule has 1 atom stereocenters. The van der Waals surface area contributed by atoms with E-state index >= 15 is 0 Å². The summed E-state index contributed by atoms with van der Waals surface area (Å²) >= 11 is 0. The van der Waals surface area contributed by atoms with E-state index < -0.39 is 5.97 Å². The van der Waals surface area contributed by atoms with Crippen molar-refractivity contribution in [3.05, 3.63) is 47.3 Å². The van der Waals surface area contributed by atoms with Crippen LogP contribution < -0.4 is 10.6 Å².